The van der Waals surface area contributed by atoms with Gasteiger partial charge in [-0.25, -0.2) is 8.42 Å². The molecule has 3 nitrogen and oxygen atoms in total. The summed E-state index contributed by atoms with van der Waals surface area (Å²) in [7, 11) is -3.69. The second-order valence-electron chi connectivity index (χ2n) is 3.06. The number of halogens is 3. The minimum atomic E-state index is -4.49. The summed E-state index contributed by atoms with van der Waals surface area (Å²) in [5.74, 6) is -0.502. The molecule has 1 aromatic carbocycles. The van der Waals surface area contributed by atoms with Crippen LogP contribution in [0.15, 0.2) is 29.2 Å². The number of rotatable bonds is 3. The SMILES string of the molecule is O=S(=O)(CCO)c1ccc(C(F)(F)F)cc1. The zero-order chi connectivity index (χ0) is 12.4. The van der Waals surface area contributed by atoms with Crippen molar-refractivity contribution in [1.82, 2.24) is 0 Å². The molecule has 0 fully saturated rings. The number of aliphatic hydroxyl groups is 1. The second kappa shape index (κ2) is 4.42. The van der Waals surface area contributed by atoms with E-state index in [9.17, 15) is 21.6 Å². The topological polar surface area (TPSA) is 54.4 Å². The molecule has 0 spiro atoms. The highest BCUT2D eigenvalue weighted by Crippen LogP contribution is 2.29. The molecular formula is C9H9F3O3S. The third-order valence-electron chi connectivity index (χ3n) is 1.90. The molecule has 1 aromatic rings. The van der Waals surface area contributed by atoms with Crippen molar-refractivity contribution < 1.29 is 26.7 Å². The quantitative estimate of drug-likeness (QED) is 0.888. The molecule has 0 atom stereocenters. The zero-order valence-corrected chi connectivity index (χ0v) is 8.85. The molecule has 0 radical (unpaired) electrons. The van der Waals surface area contributed by atoms with Gasteiger partial charge in [-0.1, -0.05) is 0 Å². The molecule has 16 heavy (non-hydrogen) atoms. The lowest BCUT2D eigenvalue weighted by molar-refractivity contribution is -0.137. The van der Waals surface area contributed by atoms with Crippen LogP contribution in [0.5, 0.6) is 0 Å². The van der Waals surface area contributed by atoms with Gasteiger partial charge in [0, 0.05) is 0 Å². The lowest BCUT2D eigenvalue weighted by Gasteiger charge is -2.07. The lowest BCUT2D eigenvalue weighted by Crippen LogP contribution is -2.11. The van der Waals surface area contributed by atoms with E-state index in [4.69, 9.17) is 5.11 Å². The first kappa shape index (κ1) is 13.0. The van der Waals surface area contributed by atoms with Crippen LogP contribution in [-0.4, -0.2) is 25.9 Å². The van der Waals surface area contributed by atoms with Gasteiger partial charge in [-0.2, -0.15) is 13.2 Å². The van der Waals surface area contributed by atoms with Crippen molar-refractivity contribution in [1.29, 1.82) is 0 Å². The predicted octanol–water partition coefficient (Wildman–Crippen LogP) is 1.47. The Morgan fingerprint density at radius 2 is 1.62 bits per heavy atom. The van der Waals surface area contributed by atoms with E-state index in [0.717, 1.165) is 12.1 Å². The first-order valence-electron chi connectivity index (χ1n) is 4.28. The Morgan fingerprint density at radius 1 is 1.12 bits per heavy atom. The molecular weight excluding hydrogens is 245 g/mol. The fourth-order valence-electron chi connectivity index (χ4n) is 1.09. The molecule has 0 unspecified atom stereocenters. The van der Waals surface area contributed by atoms with Gasteiger partial charge in [0.15, 0.2) is 9.84 Å². The minimum Gasteiger partial charge on any atom is -0.395 e. The molecule has 90 valence electrons. The summed E-state index contributed by atoms with van der Waals surface area (Å²) in [6, 6.07) is 3.16. The van der Waals surface area contributed by atoms with Crippen LogP contribution in [-0.2, 0) is 16.0 Å². The van der Waals surface area contributed by atoms with Crippen LogP contribution in [0.1, 0.15) is 5.56 Å². The van der Waals surface area contributed by atoms with Crippen LogP contribution in [0, 0.1) is 0 Å². The Kier molecular flexibility index (Phi) is 3.59. The Hall–Kier alpha value is -1.08. The zero-order valence-electron chi connectivity index (χ0n) is 8.03. The third kappa shape index (κ3) is 2.96. The fraction of sp³-hybridized carbons (Fsp3) is 0.333. The number of benzene rings is 1. The van der Waals surface area contributed by atoms with Crippen LogP contribution in [0.4, 0.5) is 13.2 Å². The number of hydrogen-bond acceptors (Lipinski definition) is 3. The number of alkyl halides is 3. The first-order chi connectivity index (χ1) is 7.27. The van der Waals surface area contributed by atoms with Gasteiger partial charge < -0.3 is 5.11 Å². The molecule has 0 aliphatic rings. The largest absolute Gasteiger partial charge is 0.416 e. The van der Waals surface area contributed by atoms with Gasteiger partial charge in [0.05, 0.1) is 22.8 Å². The van der Waals surface area contributed by atoms with E-state index in [1.54, 1.807) is 0 Å². The maximum Gasteiger partial charge on any atom is 0.416 e. The van der Waals surface area contributed by atoms with Gasteiger partial charge in [-0.3, -0.25) is 0 Å². The molecule has 1 N–H and O–H groups in total. The van der Waals surface area contributed by atoms with Crippen molar-refractivity contribution in [3.63, 3.8) is 0 Å². The molecule has 0 saturated carbocycles. The van der Waals surface area contributed by atoms with Gasteiger partial charge in [-0.15, -0.1) is 0 Å². The molecule has 7 heteroatoms. The van der Waals surface area contributed by atoms with E-state index in [1.807, 2.05) is 0 Å². The molecule has 0 saturated heterocycles. The van der Waals surface area contributed by atoms with E-state index in [-0.39, 0.29) is 4.90 Å². The average molecular weight is 254 g/mol. The van der Waals surface area contributed by atoms with E-state index in [0.29, 0.717) is 12.1 Å². The van der Waals surface area contributed by atoms with Gasteiger partial charge in [0.1, 0.15) is 0 Å². The summed E-state index contributed by atoms with van der Waals surface area (Å²) >= 11 is 0. The Balaban J connectivity index is 3.05. The number of aliphatic hydroxyl groups excluding tert-OH is 1. The highest BCUT2D eigenvalue weighted by Gasteiger charge is 2.30. The normalized spacial score (nSPS) is 12.8. The molecule has 0 aliphatic carbocycles. The van der Waals surface area contributed by atoms with Crippen molar-refractivity contribution in [2.75, 3.05) is 12.4 Å². The summed E-state index contributed by atoms with van der Waals surface area (Å²) in [6.45, 7) is -0.566. The molecule has 0 heterocycles. The van der Waals surface area contributed by atoms with Gasteiger partial charge in [0.25, 0.3) is 0 Å². The van der Waals surface area contributed by atoms with Crippen molar-refractivity contribution in [2.45, 2.75) is 11.1 Å². The van der Waals surface area contributed by atoms with Crippen molar-refractivity contribution in [3.8, 4) is 0 Å². The smallest absolute Gasteiger partial charge is 0.395 e. The van der Waals surface area contributed by atoms with E-state index in [1.165, 1.54) is 0 Å². The standard InChI is InChI=1S/C9H9F3O3S/c10-9(11,12)7-1-3-8(4-2-7)16(14,15)6-5-13/h1-4,13H,5-6H2. The minimum absolute atomic E-state index is 0.227. The molecule has 1 rings (SSSR count). The summed E-state index contributed by atoms with van der Waals surface area (Å²) in [4.78, 5) is -0.227. The predicted molar refractivity (Wildman–Crippen MR) is 50.6 cm³/mol. The molecule has 0 amide bonds. The van der Waals surface area contributed by atoms with Crippen LogP contribution >= 0.6 is 0 Å². The molecule has 0 aromatic heterocycles. The van der Waals surface area contributed by atoms with E-state index < -0.39 is 33.9 Å². The highest BCUT2D eigenvalue weighted by atomic mass is 32.2. The van der Waals surface area contributed by atoms with Crippen LogP contribution in [0.25, 0.3) is 0 Å². The Morgan fingerprint density at radius 3 is 2.00 bits per heavy atom. The molecule has 0 bridgehead atoms. The van der Waals surface area contributed by atoms with Crippen LogP contribution < -0.4 is 0 Å². The lowest BCUT2D eigenvalue weighted by atomic mass is 10.2. The maximum atomic E-state index is 12.2. The van der Waals surface area contributed by atoms with Crippen molar-refractivity contribution in [2.24, 2.45) is 0 Å². The van der Waals surface area contributed by atoms with Crippen LogP contribution in [0.3, 0.4) is 0 Å². The fourth-order valence-corrected chi connectivity index (χ4v) is 2.12. The second-order valence-corrected chi connectivity index (χ2v) is 5.17. The highest BCUT2D eigenvalue weighted by molar-refractivity contribution is 7.91. The summed E-state index contributed by atoms with van der Waals surface area (Å²) in [5.41, 5.74) is -0.907. The van der Waals surface area contributed by atoms with Gasteiger partial charge >= 0.3 is 6.18 Å². The summed E-state index contributed by atoms with van der Waals surface area (Å²) in [6.07, 6.45) is -4.49. The monoisotopic (exact) mass is 254 g/mol. The van der Waals surface area contributed by atoms with Gasteiger partial charge in [0.2, 0.25) is 0 Å². The number of hydrogen-bond donors (Lipinski definition) is 1. The average Bonchev–Trinajstić information content (AvgIpc) is 2.16. The molecule has 0 aliphatic heterocycles. The van der Waals surface area contributed by atoms with E-state index in [2.05, 4.69) is 0 Å². The van der Waals surface area contributed by atoms with Crippen LogP contribution in [0.2, 0.25) is 0 Å². The number of sulfone groups is 1. The third-order valence-corrected chi connectivity index (χ3v) is 3.61. The maximum absolute atomic E-state index is 12.2. The van der Waals surface area contributed by atoms with E-state index >= 15 is 0 Å². The Bertz CT molecular complexity index is 448. The summed E-state index contributed by atoms with van der Waals surface area (Å²) < 4.78 is 59.2. The summed E-state index contributed by atoms with van der Waals surface area (Å²) in [5, 5.41) is 8.49. The first-order valence-corrected chi connectivity index (χ1v) is 5.93. The Labute approximate surface area is 90.4 Å². The van der Waals surface area contributed by atoms with Crippen molar-refractivity contribution >= 4 is 9.84 Å². The van der Waals surface area contributed by atoms with Gasteiger partial charge in [-0.05, 0) is 24.3 Å². The van der Waals surface area contributed by atoms with Crippen molar-refractivity contribution in [3.05, 3.63) is 29.8 Å².